The third kappa shape index (κ3) is 2.62. The number of thiophene rings is 1. The topological polar surface area (TPSA) is 27.1 Å². The van der Waals surface area contributed by atoms with E-state index in [1.54, 1.807) is 18.4 Å². The first-order valence-corrected chi connectivity index (χ1v) is 8.35. The van der Waals surface area contributed by atoms with Gasteiger partial charge in [-0.15, -0.1) is 11.3 Å². The Morgan fingerprint density at radius 1 is 1.00 bits per heavy atom. The molecule has 0 aliphatic heterocycles. The first-order chi connectivity index (χ1) is 11.3. The van der Waals surface area contributed by atoms with Crippen molar-refractivity contribution in [3.05, 3.63) is 71.6 Å². The second-order valence-electron chi connectivity index (χ2n) is 5.34. The molecule has 0 radical (unpaired) electrons. The molecular weight excluding hydrogens is 304 g/mol. The molecule has 0 fully saturated rings. The van der Waals surface area contributed by atoms with Crippen molar-refractivity contribution in [2.45, 2.75) is 6.54 Å². The van der Waals surface area contributed by atoms with E-state index in [-0.39, 0.29) is 0 Å². The van der Waals surface area contributed by atoms with Gasteiger partial charge in [-0.2, -0.15) is 0 Å². The minimum Gasteiger partial charge on any atom is -0.497 e. The molecule has 2 heterocycles. The summed E-state index contributed by atoms with van der Waals surface area (Å²) in [5, 5.41) is 2.09. The molecule has 0 amide bonds. The highest BCUT2D eigenvalue weighted by molar-refractivity contribution is 7.13. The summed E-state index contributed by atoms with van der Waals surface area (Å²) in [4.78, 5) is 6.02. The van der Waals surface area contributed by atoms with Gasteiger partial charge < -0.3 is 9.30 Å². The van der Waals surface area contributed by atoms with Gasteiger partial charge in [-0.25, -0.2) is 4.98 Å². The number of benzene rings is 2. The van der Waals surface area contributed by atoms with E-state index in [1.807, 2.05) is 18.2 Å². The lowest BCUT2D eigenvalue weighted by molar-refractivity contribution is 0.414. The van der Waals surface area contributed by atoms with Crippen LogP contribution >= 0.6 is 11.3 Å². The number of aromatic nitrogens is 2. The predicted octanol–water partition coefficient (Wildman–Crippen LogP) is 4.82. The average Bonchev–Trinajstić information content (AvgIpc) is 3.24. The van der Waals surface area contributed by atoms with Crippen LogP contribution in [0.2, 0.25) is 0 Å². The highest BCUT2D eigenvalue weighted by atomic mass is 32.1. The van der Waals surface area contributed by atoms with Crippen LogP contribution in [-0.4, -0.2) is 16.7 Å². The van der Waals surface area contributed by atoms with Crippen LogP contribution in [0.1, 0.15) is 5.56 Å². The molecule has 2 aromatic heterocycles. The first kappa shape index (κ1) is 14.0. The monoisotopic (exact) mass is 320 g/mol. The second-order valence-corrected chi connectivity index (χ2v) is 6.28. The zero-order chi connectivity index (χ0) is 15.6. The molecule has 4 aromatic rings. The van der Waals surface area contributed by atoms with Crippen LogP contribution in [0.5, 0.6) is 5.75 Å². The van der Waals surface area contributed by atoms with E-state index >= 15 is 0 Å². The number of ether oxygens (including phenoxy) is 1. The summed E-state index contributed by atoms with van der Waals surface area (Å²) < 4.78 is 7.52. The van der Waals surface area contributed by atoms with Crippen LogP contribution in [0.15, 0.2) is 66.0 Å². The zero-order valence-corrected chi connectivity index (χ0v) is 13.6. The summed E-state index contributed by atoms with van der Waals surface area (Å²) in [5.41, 5.74) is 3.42. The summed E-state index contributed by atoms with van der Waals surface area (Å²) in [6.45, 7) is 0.789. The Balaban J connectivity index is 1.82. The third-order valence-corrected chi connectivity index (χ3v) is 4.76. The van der Waals surface area contributed by atoms with Gasteiger partial charge in [-0.05, 0) is 41.3 Å². The van der Waals surface area contributed by atoms with Gasteiger partial charge in [0.2, 0.25) is 0 Å². The number of nitrogens with zero attached hydrogens (tertiary/aromatic N) is 2. The van der Waals surface area contributed by atoms with Crippen LogP contribution in [0.3, 0.4) is 0 Å². The molecule has 0 saturated heterocycles. The van der Waals surface area contributed by atoms with E-state index in [0.717, 1.165) is 29.2 Å². The average molecular weight is 320 g/mol. The number of rotatable bonds is 4. The highest BCUT2D eigenvalue weighted by Crippen LogP contribution is 2.29. The molecule has 0 N–H and O–H groups in total. The highest BCUT2D eigenvalue weighted by Gasteiger charge is 2.13. The van der Waals surface area contributed by atoms with E-state index in [0.29, 0.717) is 0 Å². The predicted molar refractivity (Wildman–Crippen MR) is 95.1 cm³/mol. The van der Waals surface area contributed by atoms with Crippen LogP contribution < -0.4 is 4.74 Å². The minimum absolute atomic E-state index is 0.789. The van der Waals surface area contributed by atoms with Crippen molar-refractivity contribution in [3.8, 4) is 16.5 Å². The van der Waals surface area contributed by atoms with Crippen LogP contribution in [0, 0.1) is 0 Å². The lowest BCUT2D eigenvalue weighted by atomic mass is 10.2. The van der Waals surface area contributed by atoms with Gasteiger partial charge in [0.15, 0.2) is 5.82 Å². The van der Waals surface area contributed by atoms with E-state index < -0.39 is 0 Å². The van der Waals surface area contributed by atoms with Gasteiger partial charge in [0.25, 0.3) is 0 Å². The maximum Gasteiger partial charge on any atom is 0.151 e. The normalized spacial score (nSPS) is 11.0. The van der Waals surface area contributed by atoms with Crippen molar-refractivity contribution in [1.29, 1.82) is 0 Å². The van der Waals surface area contributed by atoms with Crippen molar-refractivity contribution in [3.63, 3.8) is 0 Å². The number of hydrogen-bond acceptors (Lipinski definition) is 3. The first-order valence-electron chi connectivity index (χ1n) is 7.47. The summed E-state index contributed by atoms with van der Waals surface area (Å²) in [7, 11) is 1.69. The Hall–Kier alpha value is -2.59. The van der Waals surface area contributed by atoms with Crippen molar-refractivity contribution in [2.75, 3.05) is 7.11 Å². The van der Waals surface area contributed by atoms with Crippen LogP contribution in [-0.2, 0) is 6.54 Å². The fourth-order valence-electron chi connectivity index (χ4n) is 2.74. The lowest BCUT2D eigenvalue weighted by Gasteiger charge is -2.09. The molecule has 0 atom stereocenters. The maximum atomic E-state index is 5.24. The Morgan fingerprint density at radius 3 is 2.57 bits per heavy atom. The molecule has 23 heavy (non-hydrogen) atoms. The molecule has 0 saturated carbocycles. The molecule has 0 aliphatic rings. The Labute approximate surface area is 138 Å². The van der Waals surface area contributed by atoms with Gasteiger partial charge in [0.1, 0.15) is 5.75 Å². The Bertz CT molecular complexity index is 924. The van der Waals surface area contributed by atoms with E-state index in [2.05, 4.69) is 52.4 Å². The molecule has 3 nitrogen and oxygen atoms in total. The quantitative estimate of drug-likeness (QED) is 0.539. The number of para-hydroxylation sites is 2. The van der Waals surface area contributed by atoms with Gasteiger partial charge in [-0.1, -0.05) is 30.3 Å². The summed E-state index contributed by atoms with van der Waals surface area (Å²) in [5.74, 6) is 1.90. The molecule has 2 aromatic carbocycles. The molecular formula is C19H16N2OS. The number of fused-ring (bicyclic) bond motifs is 1. The number of methoxy groups -OCH3 is 1. The smallest absolute Gasteiger partial charge is 0.151 e. The van der Waals surface area contributed by atoms with Crippen molar-refractivity contribution < 1.29 is 4.74 Å². The van der Waals surface area contributed by atoms with Crippen LogP contribution in [0.4, 0.5) is 0 Å². The molecule has 4 heteroatoms. The molecule has 0 aliphatic carbocycles. The largest absolute Gasteiger partial charge is 0.497 e. The Kier molecular flexibility index (Phi) is 3.60. The number of hydrogen-bond donors (Lipinski definition) is 0. The van der Waals surface area contributed by atoms with Gasteiger partial charge in [0, 0.05) is 6.54 Å². The molecule has 4 rings (SSSR count). The third-order valence-electron chi connectivity index (χ3n) is 3.90. The van der Waals surface area contributed by atoms with E-state index in [9.17, 15) is 0 Å². The number of imidazole rings is 1. The SMILES string of the molecule is COc1ccc(Cn2c(-c3cccs3)nc3ccccc32)cc1. The summed E-state index contributed by atoms with van der Waals surface area (Å²) in [6.07, 6.45) is 0. The van der Waals surface area contributed by atoms with Crippen molar-refractivity contribution in [2.24, 2.45) is 0 Å². The van der Waals surface area contributed by atoms with E-state index in [1.165, 1.54) is 10.4 Å². The molecule has 0 unspecified atom stereocenters. The van der Waals surface area contributed by atoms with Gasteiger partial charge >= 0.3 is 0 Å². The maximum absolute atomic E-state index is 5.24. The molecule has 114 valence electrons. The van der Waals surface area contributed by atoms with Gasteiger partial charge in [0.05, 0.1) is 23.0 Å². The van der Waals surface area contributed by atoms with Crippen molar-refractivity contribution in [1.82, 2.24) is 9.55 Å². The fourth-order valence-corrected chi connectivity index (χ4v) is 3.47. The standard InChI is InChI=1S/C19H16N2OS/c1-22-15-10-8-14(9-11-15)13-21-17-6-3-2-5-16(17)20-19(21)18-7-4-12-23-18/h2-12H,13H2,1H3. The summed E-state index contributed by atoms with van der Waals surface area (Å²) in [6, 6.07) is 20.7. The van der Waals surface area contributed by atoms with Gasteiger partial charge in [-0.3, -0.25) is 0 Å². The second kappa shape index (κ2) is 5.89. The van der Waals surface area contributed by atoms with Crippen LogP contribution in [0.25, 0.3) is 21.7 Å². The van der Waals surface area contributed by atoms with Crippen molar-refractivity contribution >= 4 is 22.4 Å². The van der Waals surface area contributed by atoms with E-state index in [4.69, 9.17) is 9.72 Å². The molecule has 0 spiro atoms. The minimum atomic E-state index is 0.789. The lowest BCUT2D eigenvalue weighted by Crippen LogP contribution is -2.01. The zero-order valence-electron chi connectivity index (χ0n) is 12.8. The fraction of sp³-hybridized carbons (Fsp3) is 0.105. The molecule has 0 bridgehead atoms. The Morgan fingerprint density at radius 2 is 1.83 bits per heavy atom. The summed E-state index contributed by atoms with van der Waals surface area (Å²) >= 11 is 1.72.